The van der Waals surface area contributed by atoms with Gasteiger partial charge in [-0.3, -0.25) is 9.79 Å². The van der Waals surface area contributed by atoms with Crippen molar-refractivity contribution in [3.8, 4) is 0 Å². The van der Waals surface area contributed by atoms with Gasteiger partial charge in [-0.1, -0.05) is 12.1 Å². The molecule has 3 rings (SSSR count). The number of nitrogens with zero attached hydrogens (tertiary/aromatic N) is 3. The van der Waals surface area contributed by atoms with Crippen molar-refractivity contribution in [3.63, 3.8) is 0 Å². The van der Waals surface area contributed by atoms with Gasteiger partial charge in [-0.15, -0.1) is 24.0 Å². The highest BCUT2D eigenvalue weighted by Gasteiger charge is 2.22. The molecular weight excluding hydrogens is 479 g/mol. The molecule has 3 N–H and O–H groups in total. The zero-order valence-electron chi connectivity index (χ0n) is 17.4. The SMILES string of the molecule is CCNC(=NCCCc1nc2ccccc2[nH]1)N1CCC(CC(=O)NC)CC1.I. The van der Waals surface area contributed by atoms with E-state index in [9.17, 15) is 4.79 Å². The van der Waals surface area contributed by atoms with Crippen LogP contribution in [0.5, 0.6) is 0 Å². The fourth-order valence-corrected chi connectivity index (χ4v) is 3.69. The van der Waals surface area contributed by atoms with Crippen LogP contribution in [-0.2, 0) is 11.2 Å². The van der Waals surface area contributed by atoms with E-state index < -0.39 is 0 Å². The number of carbonyl (C=O) groups excluding carboxylic acids is 1. The van der Waals surface area contributed by atoms with Crippen LogP contribution in [0.25, 0.3) is 11.0 Å². The topological polar surface area (TPSA) is 85.4 Å². The highest BCUT2D eigenvalue weighted by atomic mass is 127. The van der Waals surface area contributed by atoms with Crippen molar-refractivity contribution in [1.29, 1.82) is 0 Å². The minimum Gasteiger partial charge on any atom is -0.359 e. The fourth-order valence-electron chi connectivity index (χ4n) is 3.69. The van der Waals surface area contributed by atoms with E-state index in [1.54, 1.807) is 7.05 Å². The molecule has 8 heteroatoms. The average Bonchev–Trinajstić information content (AvgIpc) is 3.13. The third kappa shape index (κ3) is 6.87. The van der Waals surface area contributed by atoms with Crippen molar-refractivity contribution < 1.29 is 4.79 Å². The van der Waals surface area contributed by atoms with E-state index in [1.165, 1.54) is 0 Å². The summed E-state index contributed by atoms with van der Waals surface area (Å²) < 4.78 is 0. The Morgan fingerprint density at radius 3 is 2.76 bits per heavy atom. The van der Waals surface area contributed by atoms with Gasteiger partial charge in [0.1, 0.15) is 5.82 Å². The number of hydrogen-bond donors (Lipinski definition) is 3. The Bertz CT molecular complexity index is 764. The third-order valence-electron chi connectivity index (χ3n) is 5.27. The van der Waals surface area contributed by atoms with Crippen molar-refractivity contribution in [1.82, 2.24) is 25.5 Å². The maximum absolute atomic E-state index is 11.6. The lowest BCUT2D eigenvalue weighted by atomic mass is 9.93. The van der Waals surface area contributed by atoms with Crippen LogP contribution in [0.2, 0.25) is 0 Å². The number of halogens is 1. The predicted molar refractivity (Wildman–Crippen MR) is 129 cm³/mol. The lowest BCUT2D eigenvalue weighted by Crippen LogP contribution is -2.46. The first-order valence-corrected chi connectivity index (χ1v) is 10.4. The summed E-state index contributed by atoms with van der Waals surface area (Å²) in [5.41, 5.74) is 2.11. The van der Waals surface area contributed by atoms with Gasteiger partial charge in [0.25, 0.3) is 0 Å². The van der Waals surface area contributed by atoms with Crippen LogP contribution in [0.4, 0.5) is 0 Å². The second kappa shape index (κ2) is 12.0. The van der Waals surface area contributed by atoms with Crippen LogP contribution < -0.4 is 10.6 Å². The minimum absolute atomic E-state index is 0. The number of nitrogens with one attached hydrogen (secondary N) is 3. The van der Waals surface area contributed by atoms with Gasteiger partial charge < -0.3 is 20.5 Å². The summed E-state index contributed by atoms with van der Waals surface area (Å²) >= 11 is 0. The van der Waals surface area contributed by atoms with Gasteiger partial charge in [0, 0.05) is 46.1 Å². The summed E-state index contributed by atoms with van der Waals surface area (Å²) in [6.45, 7) is 5.65. The molecule has 0 unspecified atom stereocenters. The normalized spacial score (nSPS) is 15.2. The molecule has 1 fully saturated rings. The Morgan fingerprint density at radius 2 is 2.07 bits per heavy atom. The standard InChI is InChI=1S/C21H32N6O.HI/c1-3-23-21(27-13-10-16(11-14-27)15-20(28)22-2)24-12-6-9-19-25-17-7-4-5-8-18(17)26-19;/h4-5,7-8,16H,3,6,9-15H2,1-2H3,(H,22,28)(H,23,24)(H,25,26);1H. The van der Waals surface area contributed by atoms with Gasteiger partial charge >= 0.3 is 0 Å². The first kappa shape index (κ1) is 23.4. The quantitative estimate of drug-likeness (QED) is 0.231. The van der Waals surface area contributed by atoms with Crippen molar-refractivity contribution in [2.24, 2.45) is 10.9 Å². The smallest absolute Gasteiger partial charge is 0.220 e. The molecule has 0 bridgehead atoms. The molecule has 1 saturated heterocycles. The number of hydrogen-bond acceptors (Lipinski definition) is 3. The predicted octanol–water partition coefficient (Wildman–Crippen LogP) is 2.93. The first-order chi connectivity index (χ1) is 13.7. The summed E-state index contributed by atoms with van der Waals surface area (Å²) in [7, 11) is 1.71. The van der Waals surface area contributed by atoms with Gasteiger partial charge in [-0.2, -0.15) is 0 Å². The number of amides is 1. The van der Waals surface area contributed by atoms with E-state index in [-0.39, 0.29) is 29.9 Å². The zero-order chi connectivity index (χ0) is 19.8. The Kier molecular flexibility index (Phi) is 9.69. The number of H-pyrrole nitrogens is 1. The lowest BCUT2D eigenvalue weighted by molar-refractivity contribution is -0.121. The number of para-hydroxylation sites is 2. The Hall–Kier alpha value is -1.84. The van der Waals surface area contributed by atoms with Crippen LogP contribution in [0.3, 0.4) is 0 Å². The molecule has 29 heavy (non-hydrogen) atoms. The van der Waals surface area contributed by atoms with Crippen molar-refractivity contribution in [3.05, 3.63) is 30.1 Å². The number of benzene rings is 1. The van der Waals surface area contributed by atoms with Gasteiger partial charge in [-0.25, -0.2) is 4.98 Å². The molecule has 0 radical (unpaired) electrons. The Morgan fingerprint density at radius 1 is 1.31 bits per heavy atom. The number of aliphatic imine (C=N–C) groups is 1. The maximum atomic E-state index is 11.6. The number of guanidine groups is 1. The largest absolute Gasteiger partial charge is 0.359 e. The summed E-state index contributed by atoms with van der Waals surface area (Å²) in [4.78, 5) is 26.7. The monoisotopic (exact) mass is 512 g/mol. The van der Waals surface area contributed by atoms with E-state index in [0.29, 0.717) is 12.3 Å². The maximum Gasteiger partial charge on any atom is 0.220 e. The Labute approximate surface area is 190 Å². The molecule has 0 saturated carbocycles. The number of aromatic amines is 1. The average molecular weight is 512 g/mol. The molecule has 0 spiro atoms. The second-order valence-corrected chi connectivity index (χ2v) is 7.35. The third-order valence-corrected chi connectivity index (χ3v) is 5.27. The summed E-state index contributed by atoms with van der Waals surface area (Å²) in [6.07, 6.45) is 4.57. The number of piperidine rings is 1. The number of imidazole rings is 1. The molecule has 0 atom stereocenters. The molecule has 2 aromatic rings. The van der Waals surface area contributed by atoms with E-state index in [1.807, 2.05) is 18.2 Å². The van der Waals surface area contributed by atoms with E-state index in [2.05, 4.69) is 38.5 Å². The van der Waals surface area contributed by atoms with Gasteiger partial charge in [-0.05, 0) is 44.2 Å². The van der Waals surface area contributed by atoms with Gasteiger partial charge in [0.05, 0.1) is 11.0 Å². The molecular formula is C21H33IN6O. The highest BCUT2D eigenvalue weighted by Crippen LogP contribution is 2.20. The van der Waals surface area contributed by atoms with Crippen molar-refractivity contribution in [2.75, 3.05) is 33.2 Å². The molecule has 1 aliphatic heterocycles. The van der Waals surface area contributed by atoms with E-state index >= 15 is 0 Å². The second-order valence-electron chi connectivity index (χ2n) is 7.35. The lowest BCUT2D eigenvalue weighted by Gasteiger charge is -2.34. The van der Waals surface area contributed by atoms with Crippen LogP contribution in [0.15, 0.2) is 29.3 Å². The number of fused-ring (bicyclic) bond motifs is 1. The highest BCUT2D eigenvalue weighted by molar-refractivity contribution is 14.0. The number of carbonyl (C=O) groups is 1. The summed E-state index contributed by atoms with van der Waals surface area (Å²) in [5.74, 6) is 2.64. The number of likely N-dealkylation sites (tertiary alicyclic amines) is 1. The number of aryl methyl sites for hydroxylation is 1. The number of rotatable bonds is 7. The molecule has 1 aromatic carbocycles. The minimum atomic E-state index is 0. The molecule has 2 heterocycles. The molecule has 1 amide bonds. The number of aromatic nitrogens is 2. The van der Waals surface area contributed by atoms with E-state index in [0.717, 1.165) is 74.7 Å². The first-order valence-electron chi connectivity index (χ1n) is 10.4. The van der Waals surface area contributed by atoms with Crippen LogP contribution in [0.1, 0.15) is 38.4 Å². The van der Waals surface area contributed by atoms with Crippen LogP contribution in [0, 0.1) is 5.92 Å². The van der Waals surface area contributed by atoms with Gasteiger partial charge in [0.2, 0.25) is 5.91 Å². The molecule has 1 aliphatic rings. The summed E-state index contributed by atoms with van der Waals surface area (Å²) in [6, 6.07) is 8.12. The van der Waals surface area contributed by atoms with Crippen LogP contribution >= 0.6 is 24.0 Å². The van der Waals surface area contributed by atoms with Crippen molar-refractivity contribution in [2.45, 2.75) is 39.0 Å². The zero-order valence-corrected chi connectivity index (χ0v) is 19.7. The fraction of sp³-hybridized carbons (Fsp3) is 0.571. The summed E-state index contributed by atoms with van der Waals surface area (Å²) in [5, 5.41) is 6.14. The molecule has 1 aromatic heterocycles. The molecule has 0 aliphatic carbocycles. The molecule has 7 nitrogen and oxygen atoms in total. The van der Waals surface area contributed by atoms with E-state index in [4.69, 9.17) is 4.99 Å². The Balaban J connectivity index is 0.00000300. The van der Waals surface area contributed by atoms with Crippen molar-refractivity contribution >= 4 is 46.9 Å². The van der Waals surface area contributed by atoms with Gasteiger partial charge in [0.15, 0.2) is 5.96 Å². The molecule has 160 valence electrons. The van der Waals surface area contributed by atoms with Crippen LogP contribution in [-0.4, -0.2) is 60.0 Å².